The normalized spacial score (nSPS) is 16.6. The monoisotopic (exact) mass is 390 g/mol. The Morgan fingerprint density at radius 3 is 2.52 bits per heavy atom. The number of hydrogen-bond acceptors (Lipinski definition) is 6. The van der Waals surface area contributed by atoms with E-state index in [1.807, 2.05) is 6.07 Å². The van der Waals surface area contributed by atoms with Gasteiger partial charge < -0.3 is 9.47 Å². The van der Waals surface area contributed by atoms with Gasteiger partial charge in [0.25, 0.3) is 0 Å². The zero-order valence-corrected chi connectivity index (χ0v) is 15.8. The molecule has 2 heterocycles. The first kappa shape index (κ1) is 19.5. The lowest BCUT2D eigenvalue weighted by atomic mass is 9.88. The molecule has 144 valence electrons. The van der Waals surface area contributed by atoms with Gasteiger partial charge in [0.05, 0.1) is 23.6 Å². The molecule has 0 radical (unpaired) electrons. The molecule has 0 amide bonds. The predicted molar refractivity (Wildman–Crippen MR) is 98.6 cm³/mol. The van der Waals surface area contributed by atoms with Crippen LogP contribution in [0.25, 0.3) is 0 Å². The quantitative estimate of drug-likeness (QED) is 0.761. The van der Waals surface area contributed by atoms with Gasteiger partial charge in [-0.2, -0.15) is 0 Å². The van der Waals surface area contributed by atoms with E-state index in [2.05, 4.69) is 14.4 Å². The Hall–Kier alpha value is -2.29. The van der Waals surface area contributed by atoms with Crippen molar-refractivity contribution < 1.29 is 22.7 Å². The zero-order chi connectivity index (χ0) is 19.3. The Labute approximate surface area is 158 Å². The summed E-state index contributed by atoms with van der Waals surface area (Å²) in [6.45, 7) is 1.22. The fourth-order valence-electron chi connectivity index (χ4n) is 3.17. The fraction of sp³-hybridized carbons (Fsp3) is 0.368. The number of rotatable bonds is 6. The van der Waals surface area contributed by atoms with Gasteiger partial charge in [-0.1, -0.05) is 6.07 Å². The second-order valence-corrected chi connectivity index (χ2v) is 8.07. The summed E-state index contributed by atoms with van der Waals surface area (Å²) in [7, 11) is -2.50. The van der Waals surface area contributed by atoms with Crippen molar-refractivity contribution in [2.75, 3.05) is 20.3 Å². The second kappa shape index (κ2) is 8.60. The molecule has 27 heavy (non-hydrogen) atoms. The molecule has 1 saturated heterocycles. The molecule has 1 N–H and O–H groups in total. The van der Waals surface area contributed by atoms with Crippen LogP contribution >= 0.6 is 0 Å². The lowest BCUT2D eigenvalue weighted by Gasteiger charge is -2.31. The molecule has 2 aromatic rings. The van der Waals surface area contributed by atoms with Crippen LogP contribution < -0.4 is 4.72 Å². The van der Waals surface area contributed by atoms with E-state index in [9.17, 15) is 13.2 Å². The summed E-state index contributed by atoms with van der Waals surface area (Å²) in [5, 5.41) is 0. The van der Waals surface area contributed by atoms with Gasteiger partial charge in [0, 0.05) is 25.6 Å². The molecule has 0 bridgehead atoms. The van der Waals surface area contributed by atoms with Crippen LogP contribution in [-0.4, -0.2) is 39.7 Å². The number of esters is 1. The summed E-state index contributed by atoms with van der Waals surface area (Å²) < 4.78 is 38.7. The number of methoxy groups -OCH3 is 1. The minimum Gasteiger partial charge on any atom is -0.465 e. The van der Waals surface area contributed by atoms with Gasteiger partial charge in [-0.25, -0.2) is 17.9 Å². The molecule has 0 spiro atoms. The smallest absolute Gasteiger partial charge is 0.337 e. The van der Waals surface area contributed by atoms with Crippen LogP contribution in [0, 0.1) is 5.92 Å². The molecular weight excluding hydrogens is 368 g/mol. The average Bonchev–Trinajstić information content (AvgIpc) is 2.73. The van der Waals surface area contributed by atoms with Crippen molar-refractivity contribution in [3.8, 4) is 0 Å². The molecule has 7 nitrogen and oxygen atoms in total. The summed E-state index contributed by atoms with van der Waals surface area (Å²) in [5.74, 6) is -0.394. The van der Waals surface area contributed by atoms with E-state index in [1.165, 1.54) is 31.4 Å². The number of carbonyl (C=O) groups excluding carboxylic acids is 1. The van der Waals surface area contributed by atoms with E-state index in [1.54, 1.807) is 18.5 Å². The maximum absolute atomic E-state index is 12.9. The molecule has 0 unspecified atom stereocenters. The number of pyridine rings is 1. The van der Waals surface area contributed by atoms with Crippen LogP contribution in [0.2, 0.25) is 0 Å². The highest BCUT2D eigenvalue weighted by atomic mass is 32.2. The van der Waals surface area contributed by atoms with Gasteiger partial charge in [0.1, 0.15) is 0 Å². The molecule has 1 aliphatic rings. The lowest BCUT2D eigenvalue weighted by molar-refractivity contribution is 0.0564. The third kappa shape index (κ3) is 4.71. The highest BCUT2D eigenvalue weighted by Crippen LogP contribution is 2.31. The highest BCUT2D eigenvalue weighted by molar-refractivity contribution is 7.89. The highest BCUT2D eigenvalue weighted by Gasteiger charge is 2.30. The fourth-order valence-corrected chi connectivity index (χ4v) is 4.46. The van der Waals surface area contributed by atoms with Crippen molar-refractivity contribution in [2.24, 2.45) is 5.92 Å². The summed E-state index contributed by atoms with van der Waals surface area (Å²) in [5.41, 5.74) is 1.11. The van der Waals surface area contributed by atoms with Crippen LogP contribution in [0.15, 0.2) is 53.7 Å². The Morgan fingerprint density at radius 1 is 1.22 bits per heavy atom. The van der Waals surface area contributed by atoms with Crippen molar-refractivity contribution in [3.05, 3.63) is 59.9 Å². The summed E-state index contributed by atoms with van der Waals surface area (Å²) in [6, 6.07) is 8.95. The van der Waals surface area contributed by atoms with Gasteiger partial charge in [0.2, 0.25) is 10.0 Å². The average molecular weight is 390 g/mol. The number of ether oxygens (including phenoxy) is 2. The second-order valence-electron chi connectivity index (χ2n) is 6.35. The van der Waals surface area contributed by atoms with E-state index < -0.39 is 22.0 Å². The predicted octanol–water partition coefficient (Wildman–Crippen LogP) is 2.31. The van der Waals surface area contributed by atoms with Crippen molar-refractivity contribution >= 4 is 16.0 Å². The Balaban J connectivity index is 1.86. The van der Waals surface area contributed by atoms with E-state index in [0.717, 1.165) is 18.4 Å². The number of benzene rings is 1. The van der Waals surface area contributed by atoms with Crippen LogP contribution in [0.1, 0.15) is 34.8 Å². The summed E-state index contributed by atoms with van der Waals surface area (Å²) in [4.78, 5) is 15.8. The van der Waals surface area contributed by atoms with Gasteiger partial charge in [-0.3, -0.25) is 4.98 Å². The van der Waals surface area contributed by atoms with Crippen molar-refractivity contribution in [1.82, 2.24) is 9.71 Å². The van der Waals surface area contributed by atoms with Crippen molar-refractivity contribution in [1.29, 1.82) is 0 Å². The molecule has 1 atom stereocenters. The first-order valence-electron chi connectivity index (χ1n) is 8.69. The Kier molecular flexibility index (Phi) is 6.20. The largest absolute Gasteiger partial charge is 0.465 e. The summed E-state index contributed by atoms with van der Waals surface area (Å²) in [6.07, 6.45) is 4.88. The molecule has 0 aliphatic carbocycles. The van der Waals surface area contributed by atoms with E-state index in [0.29, 0.717) is 18.8 Å². The summed E-state index contributed by atoms with van der Waals surface area (Å²) >= 11 is 0. The van der Waals surface area contributed by atoms with Gasteiger partial charge >= 0.3 is 5.97 Å². The molecule has 1 aromatic heterocycles. The number of hydrogen-bond donors (Lipinski definition) is 1. The number of nitrogens with zero attached hydrogens (tertiary/aromatic N) is 1. The van der Waals surface area contributed by atoms with Crippen LogP contribution in [0.4, 0.5) is 0 Å². The van der Waals surface area contributed by atoms with Crippen molar-refractivity contribution in [2.45, 2.75) is 23.8 Å². The first-order valence-corrected chi connectivity index (χ1v) is 10.2. The number of nitrogens with one attached hydrogen (secondary N) is 1. The molecule has 0 saturated carbocycles. The van der Waals surface area contributed by atoms with E-state index >= 15 is 0 Å². The van der Waals surface area contributed by atoms with Crippen molar-refractivity contribution in [3.63, 3.8) is 0 Å². The van der Waals surface area contributed by atoms with Crippen LogP contribution in [-0.2, 0) is 19.5 Å². The number of aromatic nitrogens is 1. The molecule has 8 heteroatoms. The molecule has 1 aromatic carbocycles. The minimum absolute atomic E-state index is 0.0936. The van der Waals surface area contributed by atoms with Gasteiger partial charge in [-0.05, 0) is 54.7 Å². The molecular formula is C19H22N2O5S. The standard InChI is InChI=1S/C19H22N2O5S/c1-25-19(22)15-4-6-17(7-5-15)27(23,24)21-18(14-8-11-26-12-9-14)16-3-2-10-20-13-16/h2-7,10,13-14,18,21H,8-9,11-12H2,1H3/t18-/m0/s1. The van der Waals surface area contributed by atoms with E-state index in [4.69, 9.17) is 4.74 Å². The lowest BCUT2D eigenvalue weighted by Crippen LogP contribution is -2.36. The topological polar surface area (TPSA) is 94.6 Å². The maximum Gasteiger partial charge on any atom is 0.337 e. The van der Waals surface area contributed by atoms with Crippen LogP contribution in [0.5, 0.6) is 0 Å². The van der Waals surface area contributed by atoms with Crippen LogP contribution in [0.3, 0.4) is 0 Å². The minimum atomic E-state index is -3.78. The SMILES string of the molecule is COC(=O)c1ccc(S(=O)(=O)N[C@H](c2cccnc2)C2CCOCC2)cc1. The molecule has 1 fully saturated rings. The maximum atomic E-state index is 12.9. The Bertz CT molecular complexity index is 863. The van der Waals surface area contributed by atoms with E-state index in [-0.39, 0.29) is 10.8 Å². The molecule has 3 rings (SSSR count). The third-order valence-corrected chi connectivity index (χ3v) is 6.11. The zero-order valence-electron chi connectivity index (χ0n) is 15.0. The molecule has 1 aliphatic heterocycles. The first-order chi connectivity index (χ1) is 13.0. The van der Waals surface area contributed by atoms with Gasteiger partial charge in [-0.15, -0.1) is 0 Å². The Morgan fingerprint density at radius 2 is 1.93 bits per heavy atom. The third-order valence-electron chi connectivity index (χ3n) is 4.65. The number of carbonyl (C=O) groups is 1. The van der Waals surface area contributed by atoms with Gasteiger partial charge in [0.15, 0.2) is 0 Å². The number of sulfonamides is 1.